The summed E-state index contributed by atoms with van der Waals surface area (Å²) in [4.78, 5) is 24.5. The van der Waals surface area contributed by atoms with Crippen molar-refractivity contribution in [2.45, 2.75) is 32.6 Å². The fraction of sp³-hybridized carbons (Fsp3) is 0.533. The number of carbonyl (C=O) groups is 1. The average Bonchev–Trinajstić information content (AvgIpc) is 2.46. The van der Waals surface area contributed by atoms with Gasteiger partial charge in [0.25, 0.3) is 5.69 Å². The van der Waals surface area contributed by atoms with Crippen LogP contribution >= 0.6 is 0 Å². The molecule has 0 N–H and O–H groups in total. The molecule has 0 saturated carbocycles. The molecule has 0 aromatic heterocycles. The van der Waals surface area contributed by atoms with Crippen LogP contribution in [0.3, 0.4) is 0 Å². The van der Waals surface area contributed by atoms with Crippen molar-refractivity contribution < 1.29 is 9.72 Å². The number of benzene rings is 1. The lowest BCUT2D eigenvalue weighted by molar-refractivity contribution is -0.384. The zero-order valence-corrected chi connectivity index (χ0v) is 11.9. The Morgan fingerprint density at radius 2 is 1.85 bits per heavy atom. The predicted octanol–water partition coefficient (Wildman–Crippen LogP) is 2.96. The zero-order valence-electron chi connectivity index (χ0n) is 11.9. The summed E-state index contributed by atoms with van der Waals surface area (Å²) < 4.78 is 0. The van der Waals surface area contributed by atoms with Crippen molar-refractivity contribution in [3.63, 3.8) is 0 Å². The molecule has 1 atom stereocenters. The maximum absolute atomic E-state index is 12.4. The summed E-state index contributed by atoms with van der Waals surface area (Å²) in [6.45, 7) is 5.71. The summed E-state index contributed by atoms with van der Waals surface area (Å²) in [6.07, 6.45) is 2.11. The van der Waals surface area contributed by atoms with Crippen LogP contribution in [0.25, 0.3) is 0 Å². The van der Waals surface area contributed by atoms with Crippen LogP contribution < -0.4 is 0 Å². The van der Waals surface area contributed by atoms with E-state index in [-0.39, 0.29) is 17.5 Å². The van der Waals surface area contributed by atoms with Gasteiger partial charge in [0.05, 0.1) is 10.8 Å². The molecular weight excluding hydrogens is 256 g/mol. The van der Waals surface area contributed by atoms with Gasteiger partial charge < -0.3 is 4.90 Å². The maximum atomic E-state index is 12.4. The summed E-state index contributed by atoms with van der Waals surface area (Å²) in [5.41, 5.74) is 0.888. The number of nitrogens with zero attached hydrogens (tertiary/aromatic N) is 2. The van der Waals surface area contributed by atoms with Gasteiger partial charge >= 0.3 is 0 Å². The summed E-state index contributed by atoms with van der Waals surface area (Å²) in [6, 6.07) is 6.26. The second kappa shape index (κ2) is 6.03. The standard InChI is InChI=1S/C15H20N2O3/c1-11-7-9-16(10-8-11)15(18)12(2)13-3-5-14(6-4-13)17(19)20/h3-6,11-12H,7-10H2,1-2H3. The van der Waals surface area contributed by atoms with Gasteiger partial charge in [-0.2, -0.15) is 0 Å². The second-order valence-corrected chi connectivity index (χ2v) is 5.58. The average molecular weight is 276 g/mol. The van der Waals surface area contributed by atoms with Gasteiger partial charge in [-0.15, -0.1) is 0 Å². The monoisotopic (exact) mass is 276 g/mol. The lowest BCUT2D eigenvalue weighted by Gasteiger charge is -2.32. The van der Waals surface area contributed by atoms with Gasteiger partial charge in [-0.25, -0.2) is 0 Å². The highest BCUT2D eigenvalue weighted by atomic mass is 16.6. The van der Waals surface area contributed by atoms with Crippen LogP contribution in [-0.4, -0.2) is 28.8 Å². The normalized spacial score (nSPS) is 17.8. The molecule has 5 nitrogen and oxygen atoms in total. The molecule has 0 aliphatic carbocycles. The van der Waals surface area contributed by atoms with Crippen LogP contribution in [0.1, 0.15) is 38.2 Å². The number of rotatable bonds is 3. The number of carbonyl (C=O) groups excluding carboxylic acids is 1. The van der Waals surface area contributed by atoms with E-state index in [0.29, 0.717) is 5.92 Å². The highest BCUT2D eigenvalue weighted by molar-refractivity contribution is 5.83. The molecule has 5 heteroatoms. The third kappa shape index (κ3) is 3.15. The van der Waals surface area contributed by atoms with Crippen LogP contribution in [0.2, 0.25) is 0 Å². The fourth-order valence-corrected chi connectivity index (χ4v) is 2.53. The molecule has 0 bridgehead atoms. The molecule has 0 spiro atoms. The molecule has 1 aromatic rings. The summed E-state index contributed by atoms with van der Waals surface area (Å²) in [7, 11) is 0. The molecule has 1 aliphatic heterocycles. The SMILES string of the molecule is CC1CCN(C(=O)C(C)c2ccc([N+](=O)[O-])cc2)CC1. The van der Waals surface area contributed by atoms with Crippen LogP contribution in [0.4, 0.5) is 5.69 Å². The van der Waals surface area contributed by atoms with Gasteiger partial charge in [-0.3, -0.25) is 14.9 Å². The van der Waals surface area contributed by atoms with Crippen LogP contribution in [-0.2, 0) is 4.79 Å². The van der Waals surface area contributed by atoms with Crippen molar-refractivity contribution in [3.05, 3.63) is 39.9 Å². The second-order valence-electron chi connectivity index (χ2n) is 5.58. The van der Waals surface area contributed by atoms with Crippen LogP contribution in [0.15, 0.2) is 24.3 Å². The molecule has 2 rings (SSSR count). The first-order valence-electron chi connectivity index (χ1n) is 7.02. The van der Waals surface area contributed by atoms with Crippen molar-refractivity contribution >= 4 is 11.6 Å². The van der Waals surface area contributed by atoms with E-state index in [1.807, 2.05) is 11.8 Å². The number of likely N-dealkylation sites (tertiary alicyclic amines) is 1. The Morgan fingerprint density at radius 1 is 1.30 bits per heavy atom. The Bertz CT molecular complexity index is 490. The first-order chi connectivity index (χ1) is 9.49. The van der Waals surface area contributed by atoms with Gasteiger partial charge in [0, 0.05) is 25.2 Å². The number of piperidine rings is 1. The van der Waals surface area contributed by atoms with E-state index in [0.717, 1.165) is 31.5 Å². The quantitative estimate of drug-likeness (QED) is 0.629. The van der Waals surface area contributed by atoms with Gasteiger partial charge in [-0.05, 0) is 31.2 Å². The predicted molar refractivity (Wildman–Crippen MR) is 76.5 cm³/mol. The van der Waals surface area contributed by atoms with E-state index >= 15 is 0 Å². The number of non-ortho nitro benzene ring substituents is 1. The molecule has 1 unspecified atom stereocenters. The molecule has 1 aliphatic rings. The Morgan fingerprint density at radius 3 is 2.35 bits per heavy atom. The first-order valence-corrected chi connectivity index (χ1v) is 7.02. The van der Waals surface area contributed by atoms with Gasteiger partial charge in [0.2, 0.25) is 5.91 Å². The Balaban J connectivity index is 2.04. The molecule has 1 fully saturated rings. The molecule has 1 amide bonds. The lowest BCUT2D eigenvalue weighted by atomic mass is 9.95. The number of nitro benzene ring substituents is 1. The number of hydrogen-bond donors (Lipinski definition) is 0. The highest BCUT2D eigenvalue weighted by Gasteiger charge is 2.25. The molecule has 20 heavy (non-hydrogen) atoms. The number of amides is 1. The van der Waals surface area contributed by atoms with Crippen molar-refractivity contribution in [1.29, 1.82) is 0 Å². The summed E-state index contributed by atoms with van der Waals surface area (Å²) in [5, 5.41) is 10.6. The Hall–Kier alpha value is -1.91. The Kier molecular flexibility index (Phi) is 4.37. The van der Waals surface area contributed by atoms with Crippen molar-refractivity contribution in [2.75, 3.05) is 13.1 Å². The van der Waals surface area contributed by atoms with Crippen LogP contribution in [0.5, 0.6) is 0 Å². The van der Waals surface area contributed by atoms with Crippen molar-refractivity contribution in [1.82, 2.24) is 4.90 Å². The van der Waals surface area contributed by atoms with Crippen LogP contribution in [0, 0.1) is 16.0 Å². The van der Waals surface area contributed by atoms with E-state index in [2.05, 4.69) is 6.92 Å². The molecule has 0 radical (unpaired) electrons. The highest BCUT2D eigenvalue weighted by Crippen LogP contribution is 2.24. The minimum Gasteiger partial charge on any atom is -0.342 e. The number of nitro groups is 1. The van der Waals surface area contributed by atoms with Gasteiger partial charge in [0.1, 0.15) is 0 Å². The topological polar surface area (TPSA) is 63.5 Å². The summed E-state index contributed by atoms with van der Waals surface area (Å²) >= 11 is 0. The summed E-state index contributed by atoms with van der Waals surface area (Å²) in [5.74, 6) is 0.559. The first kappa shape index (κ1) is 14.5. The van der Waals surface area contributed by atoms with E-state index < -0.39 is 4.92 Å². The molecular formula is C15H20N2O3. The molecule has 108 valence electrons. The van der Waals surface area contributed by atoms with E-state index in [1.54, 1.807) is 12.1 Å². The fourth-order valence-electron chi connectivity index (χ4n) is 2.53. The van der Waals surface area contributed by atoms with Crippen molar-refractivity contribution in [3.8, 4) is 0 Å². The zero-order chi connectivity index (χ0) is 14.7. The largest absolute Gasteiger partial charge is 0.342 e. The lowest BCUT2D eigenvalue weighted by Crippen LogP contribution is -2.40. The van der Waals surface area contributed by atoms with Crippen molar-refractivity contribution in [2.24, 2.45) is 5.92 Å². The molecule has 1 heterocycles. The molecule has 1 saturated heterocycles. The van der Waals surface area contributed by atoms with Gasteiger partial charge in [-0.1, -0.05) is 19.1 Å². The smallest absolute Gasteiger partial charge is 0.269 e. The van der Waals surface area contributed by atoms with E-state index in [9.17, 15) is 14.9 Å². The van der Waals surface area contributed by atoms with E-state index in [4.69, 9.17) is 0 Å². The third-order valence-electron chi connectivity index (χ3n) is 4.07. The van der Waals surface area contributed by atoms with E-state index in [1.165, 1.54) is 12.1 Å². The molecule has 1 aromatic carbocycles. The third-order valence-corrected chi connectivity index (χ3v) is 4.07. The van der Waals surface area contributed by atoms with Gasteiger partial charge in [0.15, 0.2) is 0 Å². The minimum atomic E-state index is -0.428. The maximum Gasteiger partial charge on any atom is 0.269 e. The Labute approximate surface area is 118 Å². The minimum absolute atomic E-state index is 0.0557. The number of hydrogen-bond acceptors (Lipinski definition) is 3.